The minimum absolute atomic E-state index is 0.752. The Morgan fingerprint density at radius 3 is 2.72 bits per heavy atom. The van der Waals surface area contributed by atoms with Crippen molar-refractivity contribution >= 4 is 0 Å². The first kappa shape index (κ1) is 14.3. The van der Waals surface area contributed by atoms with E-state index >= 15 is 0 Å². The fourth-order valence-electron chi connectivity index (χ4n) is 3.83. The van der Waals surface area contributed by atoms with Crippen molar-refractivity contribution in [3.05, 3.63) is 0 Å². The lowest BCUT2D eigenvalue weighted by atomic mass is 9.89. The highest BCUT2D eigenvalue weighted by molar-refractivity contribution is 4.88. The highest BCUT2D eigenvalue weighted by Crippen LogP contribution is 2.27. The maximum atomic E-state index is 3.49. The van der Waals surface area contributed by atoms with E-state index in [0.717, 1.165) is 18.1 Å². The van der Waals surface area contributed by atoms with Gasteiger partial charge in [-0.15, -0.1) is 0 Å². The van der Waals surface area contributed by atoms with Crippen molar-refractivity contribution in [3.8, 4) is 0 Å². The zero-order valence-electron chi connectivity index (χ0n) is 12.5. The minimum atomic E-state index is 0.752. The van der Waals surface area contributed by atoms with E-state index in [1.165, 1.54) is 58.2 Å². The molecule has 0 radical (unpaired) electrons. The normalized spacial score (nSPS) is 36.5. The molecule has 0 amide bonds. The van der Waals surface area contributed by atoms with Crippen LogP contribution in [0.5, 0.6) is 0 Å². The zero-order valence-corrected chi connectivity index (χ0v) is 12.5. The Hall–Kier alpha value is -0.120. The number of nitrogens with zero attached hydrogens (tertiary/aromatic N) is 2. The van der Waals surface area contributed by atoms with Gasteiger partial charge in [0.15, 0.2) is 0 Å². The summed E-state index contributed by atoms with van der Waals surface area (Å²) in [7, 11) is 4.41. The number of nitrogens with one attached hydrogen (secondary N) is 1. The van der Waals surface area contributed by atoms with E-state index in [2.05, 4.69) is 36.1 Å². The van der Waals surface area contributed by atoms with Gasteiger partial charge in [-0.2, -0.15) is 0 Å². The van der Waals surface area contributed by atoms with E-state index < -0.39 is 0 Å². The van der Waals surface area contributed by atoms with Crippen LogP contribution in [-0.4, -0.2) is 61.7 Å². The molecule has 1 saturated heterocycles. The zero-order chi connectivity index (χ0) is 13.0. The summed E-state index contributed by atoms with van der Waals surface area (Å²) in [6, 6.07) is 2.35. The maximum Gasteiger partial charge on any atom is 0.0223 e. The van der Waals surface area contributed by atoms with Gasteiger partial charge in [0.05, 0.1) is 0 Å². The van der Waals surface area contributed by atoms with Crippen molar-refractivity contribution in [2.24, 2.45) is 0 Å². The van der Waals surface area contributed by atoms with Gasteiger partial charge in [0.1, 0.15) is 0 Å². The van der Waals surface area contributed by atoms with Gasteiger partial charge in [0.25, 0.3) is 0 Å². The second-order valence-corrected chi connectivity index (χ2v) is 6.22. The first-order valence-corrected chi connectivity index (χ1v) is 7.86. The Labute approximate surface area is 113 Å². The first-order valence-electron chi connectivity index (χ1n) is 7.86. The molecule has 2 fully saturated rings. The van der Waals surface area contributed by atoms with Gasteiger partial charge in [0, 0.05) is 24.7 Å². The van der Waals surface area contributed by atoms with Crippen LogP contribution in [0.25, 0.3) is 0 Å². The third-order valence-electron chi connectivity index (χ3n) is 4.94. The van der Waals surface area contributed by atoms with Crippen LogP contribution < -0.4 is 5.32 Å². The van der Waals surface area contributed by atoms with E-state index in [9.17, 15) is 0 Å². The van der Waals surface area contributed by atoms with Gasteiger partial charge in [-0.25, -0.2) is 0 Å². The Kier molecular flexibility index (Phi) is 5.46. The fraction of sp³-hybridized carbons (Fsp3) is 1.00. The lowest BCUT2D eigenvalue weighted by molar-refractivity contribution is 0.0917. The number of likely N-dealkylation sites (N-methyl/N-ethyl adjacent to an activating group) is 1. The number of rotatable bonds is 3. The highest BCUT2D eigenvalue weighted by atomic mass is 15.3. The molecule has 0 bridgehead atoms. The summed E-state index contributed by atoms with van der Waals surface area (Å²) in [5.74, 6) is 0. The Morgan fingerprint density at radius 1 is 1.17 bits per heavy atom. The second kappa shape index (κ2) is 6.88. The predicted molar refractivity (Wildman–Crippen MR) is 78.0 cm³/mol. The van der Waals surface area contributed by atoms with Crippen molar-refractivity contribution in [2.45, 2.75) is 63.6 Å². The molecule has 3 heteroatoms. The molecule has 0 aromatic heterocycles. The molecule has 1 saturated carbocycles. The molecule has 106 valence electrons. The van der Waals surface area contributed by atoms with Gasteiger partial charge >= 0.3 is 0 Å². The largest absolute Gasteiger partial charge is 0.317 e. The molecule has 0 aromatic rings. The molecule has 1 aliphatic carbocycles. The van der Waals surface area contributed by atoms with Crippen molar-refractivity contribution in [1.29, 1.82) is 0 Å². The molecule has 2 rings (SSSR count). The molecule has 3 nitrogen and oxygen atoms in total. The summed E-state index contributed by atoms with van der Waals surface area (Å²) in [6.45, 7) is 6.20. The molecule has 18 heavy (non-hydrogen) atoms. The molecule has 1 N–H and O–H groups in total. The van der Waals surface area contributed by atoms with Gasteiger partial charge in [-0.3, -0.25) is 4.90 Å². The average Bonchev–Trinajstić information content (AvgIpc) is 2.60. The summed E-state index contributed by atoms with van der Waals surface area (Å²) in [4.78, 5) is 5.36. The standard InChI is InChI=1S/C15H31N3/c1-4-14-12-17(3)9-6-10-18(14)15-8-5-7-13(11-15)16-2/h13-16H,4-12H2,1-3H3. The smallest absolute Gasteiger partial charge is 0.0223 e. The van der Waals surface area contributed by atoms with Gasteiger partial charge in [-0.1, -0.05) is 13.3 Å². The second-order valence-electron chi connectivity index (χ2n) is 6.22. The monoisotopic (exact) mass is 253 g/mol. The van der Waals surface area contributed by atoms with Crippen LogP contribution in [0.15, 0.2) is 0 Å². The van der Waals surface area contributed by atoms with Gasteiger partial charge in [-0.05, 0) is 59.3 Å². The van der Waals surface area contributed by atoms with Crippen molar-refractivity contribution < 1.29 is 0 Å². The van der Waals surface area contributed by atoms with E-state index in [1.807, 2.05) is 0 Å². The molecule has 0 aromatic carbocycles. The lowest BCUT2D eigenvalue weighted by Gasteiger charge is -2.41. The molecule has 3 atom stereocenters. The summed E-state index contributed by atoms with van der Waals surface area (Å²) in [6.07, 6.45) is 8.18. The first-order chi connectivity index (χ1) is 8.74. The number of hydrogen-bond acceptors (Lipinski definition) is 3. The van der Waals surface area contributed by atoms with Crippen molar-refractivity contribution in [2.75, 3.05) is 33.7 Å². The van der Waals surface area contributed by atoms with Crippen LogP contribution in [0.2, 0.25) is 0 Å². The SMILES string of the molecule is CCC1CN(C)CCCN1C1CCCC(NC)C1. The summed E-state index contributed by atoms with van der Waals surface area (Å²) >= 11 is 0. The molecular formula is C15H31N3. The molecule has 0 spiro atoms. The molecule has 1 aliphatic heterocycles. The summed E-state index contributed by atoms with van der Waals surface area (Å²) < 4.78 is 0. The lowest BCUT2D eigenvalue weighted by Crippen LogP contribution is -2.49. The van der Waals surface area contributed by atoms with E-state index in [1.54, 1.807) is 0 Å². The third-order valence-corrected chi connectivity index (χ3v) is 4.94. The Bertz CT molecular complexity index is 244. The average molecular weight is 253 g/mol. The van der Waals surface area contributed by atoms with E-state index in [0.29, 0.717) is 0 Å². The molecule has 1 heterocycles. The van der Waals surface area contributed by atoms with Crippen LogP contribution >= 0.6 is 0 Å². The molecule has 3 unspecified atom stereocenters. The van der Waals surface area contributed by atoms with Crippen LogP contribution in [0, 0.1) is 0 Å². The van der Waals surface area contributed by atoms with Crippen molar-refractivity contribution in [3.63, 3.8) is 0 Å². The van der Waals surface area contributed by atoms with Crippen LogP contribution in [0.3, 0.4) is 0 Å². The third kappa shape index (κ3) is 3.46. The van der Waals surface area contributed by atoms with E-state index in [4.69, 9.17) is 0 Å². The molecule has 2 aliphatic rings. The van der Waals surface area contributed by atoms with Crippen molar-refractivity contribution in [1.82, 2.24) is 15.1 Å². The Balaban J connectivity index is 1.99. The predicted octanol–water partition coefficient (Wildman–Crippen LogP) is 1.93. The highest BCUT2D eigenvalue weighted by Gasteiger charge is 2.31. The molecular weight excluding hydrogens is 222 g/mol. The summed E-state index contributed by atoms with van der Waals surface area (Å²) in [5.41, 5.74) is 0. The maximum absolute atomic E-state index is 3.49. The minimum Gasteiger partial charge on any atom is -0.317 e. The van der Waals surface area contributed by atoms with Crippen LogP contribution in [0.4, 0.5) is 0 Å². The summed E-state index contributed by atoms with van der Waals surface area (Å²) in [5, 5.41) is 3.49. The number of hydrogen-bond donors (Lipinski definition) is 1. The van der Waals surface area contributed by atoms with Crippen LogP contribution in [-0.2, 0) is 0 Å². The fourth-order valence-corrected chi connectivity index (χ4v) is 3.83. The topological polar surface area (TPSA) is 18.5 Å². The quantitative estimate of drug-likeness (QED) is 0.829. The van der Waals surface area contributed by atoms with Gasteiger partial charge in [0.2, 0.25) is 0 Å². The van der Waals surface area contributed by atoms with E-state index in [-0.39, 0.29) is 0 Å². The Morgan fingerprint density at radius 2 is 2.00 bits per heavy atom. The van der Waals surface area contributed by atoms with Gasteiger partial charge < -0.3 is 10.2 Å². The van der Waals surface area contributed by atoms with Crippen LogP contribution in [0.1, 0.15) is 45.4 Å².